The van der Waals surface area contributed by atoms with Gasteiger partial charge in [-0.15, -0.1) is 11.3 Å². The molecule has 3 rings (SSSR count). The zero-order valence-corrected chi connectivity index (χ0v) is 12.4. The number of rotatable bonds is 3. The average Bonchev–Trinajstić information content (AvgIpc) is 2.69. The molecule has 20 heavy (non-hydrogen) atoms. The highest BCUT2D eigenvalue weighted by Crippen LogP contribution is 2.35. The molecule has 2 aromatic rings. The lowest BCUT2D eigenvalue weighted by atomic mass is 9.83. The monoisotopic (exact) mass is 288 g/mol. The van der Waals surface area contributed by atoms with Gasteiger partial charge in [0.25, 0.3) is 0 Å². The Bertz CT molecular complexity index is 602. The Balaban J connectivity index is 1.85. The predicted molar refractivity (Wildman–Crippen MR) is 83.2 cm³/mol. The molecular formula is C17H20O2S. The summed E-state index contributed by atoms with van der Waals surface area (Å²) in [5, 5.41) is 13.0. The minimum Gasteiger partial charge on any atom is -0.481 e. The SMILES string of the molecule is O=C(O)C1CCCCCC1Cc1csc2ccccc12. The number of carbonyl (C=O) groups is 1. The molecule has 1 saturated carbocycles. The topological polar surface area (TPSA) is 37.3 Å². The van der Waals surface area contributed by atoms with Crippen LogP contribution in [-0.4, -0.2) is 11.1 Å². The number of benzene rings is 1. The fourth-order valence-corrected chi connectivity index (χ4v) is 4.40. The van der Waals surface area contributed by atoms with Crippen LogP contribution in [-0.2, 0) is 11.2 Å². The molecule has 2 unspecified atom stereocenters. The molecule has 106 valence electrons. The van der Waals surface area contributed by atoms with Gasteiger partial charge < -0.3 is 5.11 Å². The second-order valence-electron chi connectivity index (χ2n) is 5.80. The van der Waals surface area contributed by atoms with E-state index in [1.807, 2.05) is 0 Å². The van der Waals surface area contributed by atoms with Gasteiger partial charge in [0.2, 0.25) is 0 Å². The lowest BCUT2D eigenvalue weighted by Gasteiger charge is -2.21. The number of thiophene rings is 1. The lowest BCUT2D eigenvalue weighted by molar-refractivity contribution is -0.143. The fraction of sp³-hybridized carbons (Fsp3) is 0.471. The number of hydrogen-bond donors (Lipinski definition) is 1. The predicted octanol–water partition coefficient (Wildman–Crippen LogP) is 4.72. The molecule has 1 aliphatic rings. The van der Waals surface area contributed by atoms with E-state index in [0.717, 1.165) is 25.7 Å². The van der Waals surface area contributed by atoms with Gasteiger partial charge in [-0.05, 0) is 47.6 Å². The average molecular weight is 288 g/mol. The van der Waals surface area contributed by atoms with Crippen molar-refractivity contribution in [3.63, 3.8) is 0 Å². The van der Waals surface area contributed by atoms with Crippen molar-refractivity contribution in [2.24, 2.45) is 11.8 Å². The quantitative estimate of drug-likeness (QED) is 0.829. The van der Waals surface area contributed by atoms with Crippen molar-refractivity contribution in [3.05, 3.63) is 35.2 Å². The Morgan fingerprint density at radius 1 is 1.20 bits per heavy atom. The third kappa shape index (κ3) is 2.73. The molecule has 1 aromatic carbocycles. The summed E-state index contributed by atoms with van der Waals surface area (Å²) in [7, 11) is 0. The van der Waals surface area contributed by atoms with E-state index in [-0.39, 0.29) is 5.92 Å². The van der Waals surface area contributed by atoms with E-state index < -0.39 is 5.97 Å². The number of hydrogen-bond acceptors (Lipinski definition) is 2. The zero-order valence-electron chi connectivity index (χ0n) is 11.5. The van der Waals surface area contributed by atoms with E-state index >= 15 is 0 Å². The van der Waals surface area contributed by atoms with Crippen LogP contribution in [0, 0.1) is 11.8 Å². The van der Waals surface area contributed by atoms with E-state index in [9.17, 15) is 9.90 Å². The second-order valence-corrected chi connectivity index (χ2v) is 6.72. The molecule has 0 radical (unpaired) electrons. The molecule has 1 aromatic heterocycles. The van der Waals surface area contributed by atoms with Crippen LogP contribution in [0.25, 0.3) is 10.1 Å². The van der Waals surface area contributed by atoms with Crippen molar-refractivity contribution < 1.29 is 9.90 Å². The van der Waals surface area contributed by atoms with Crippen molar-refractivity contribution in [3.8, 4) is 0 Å². The summed E-state index contributed by atoms with van der Waals surface area (Å²) in [6.07, 6.45) is 6.25. The number of carboxylic acid groups (broad SMARTS) is 1. The van der Waals surface area contributed by atoms with Gasteiger partial charge in [-0.25, -0.2) is 0 Å². The number of fused-ring (bicyclic) bond motifs is 1. The minimum atomic E-state index is -0.601. The fourth-order valence-electron chi connectivity index (χ4n) is 3.43. The molecule has 0 spiro atoms. The first-order valence-corrected chi connectivity index (χ1v) is 8.31. The summed E-state index contributed by atoms with van der Waals surface area (Å²) in [6.45, 7) is 0. The Morgan fingerprint density at radius 3 is 2.85 bits per heavy atom. The molecule has 0 bridgehead atoms. The molecule has 3 heteroatoms. The Labute approximate surface area is 123 Å². The maximum Gasteiger partial charge on any atom is 0.306 e. The van der Waals surface area contributed by atoms with Gasteiger partial charge in [-0.3, -0.25) is 4.79 Å². The van der Waals surface area contributed by atoms with E-state index in [1.165, 1.54) is 28.5 Å². The highest BCUT2D eigenvalue weighted by atomic mass is 32.1. The Hall–Kier alpha value is -1.35. The Kier molecular flexibility index (Phi) is 4.06. The molecular weight excluding hydrogens is 268 g/mol. The standard InChI is InChI=1S/C17H20O2S/c18-17(19)15-8-3-1-2-6-12(15)10-13-11-20-16-9-5-4-7-14(13)16/h4-5,7,9,11-12,15H,1-3,6,8,10H2,(H,18,19). The van der Waals surface area contributed by atoms with Crippen molar-refractivity contribution in [2.75, 3.05) is 0 Å². The maximum atomic E-state index is 11.5. The van der Waals surface area contributed by atoms with Crippen molar-refractivity contribution >= 4 is 27.4 Å². The highest BCUT2D eigenvalue weighted by molar-refractivity contribution is 7.17. The molecule has 1 aliphatic carbocycles. The molecule has 0 amide bonds. The summed E-state index contributed by atoms with van der Waals surface area (Å²) in [6, 6.07) is 8.44. The van der Waals surface area contributed by atoms with E-state index in [4.69, 9.17) is 0 Å². The molecule has 1 heterocycles. The highest BCUT2D eigenvalue weighted by Gasteiger charge is 2.29. The number of carboxylic acids is 1. The molecule has 0 saturated heterocycles. The second kappa shape index (κ2) is 5.96. The van der Waals surface area contributed by atoms with Crippen LogP contribution in [0.2, 0.25) is 0 Å². The van der Waals surface area contributed by atoms with Crippen LogP contribution >= 0.6 is 11.3 Å². The zero-order chi connectivity index (χ0) is 13.9. The molecule has 1 N–H and O–H groups in total. The summed E-state index contributed by atoms with van der Waals surface area (Å²) in [5.41, 5.74) is 1.34. The van der Waals surface area contributed by atoms with Gasteiger partial charge in [0.15, 0.2) is 0 Å². The van der Waals surface area contributed by atoms with Gasteiger partial charge >= 0.3 is 5.97 Å². The van der Waals surface area contributed by atoms with Crippen LogP contribution in [0.3, 0.4) is 0 Å². The summed E-state index contributed by atoms with van der Waals surface area (Å²) >= 11 is 1.77. The van der Waals surface area contributed by atoms with Crippen molar-refractivity contribution in [1.82, 2.24) is 0 Å². The first kappa shape index (κ1) is 13.6. The summed E-state index contributed by atoms with van der Waals surface area (Å²) in [4.78, 5) is 11.5. The van der Waals surface area contributed by atoms with Crippen LogP contribution in [0.1, 0.15) is 37.7 Å². The van der Waals surface area contributed by atoms with E-state index in [0.29, 0.717) is 5.92 Å². The molecule has 0 aliphatic heterocycles. The van der Waals surface area contributed by atoms with Gasteiger partial charge in [-0.2, -0.15) is 0 Å². The van der Waals surface area contributed by atoms with E-state index in [1.54, 1.807) is 11.3 Å². The van der Waals surface area contributed by atoms with E-state index in [2.05, 4.69) is 29.6 Å². The van der Waals surface area contributed by atoms with Crippen LogP contribution in [0.4, 0.5) is 0 Å². The minimum absolute atomic E-state index is 0.156. The third-order valence-corrected chi connectivity index (χ3v) is 5.53. The van der Waals surface area contributed by atoms with Gasteiger partial charge in [-0.1, -0.05) is 37.5 Å². The van der Waals surface area contributed by atoms with Crippen molar-refractivity contribution in [1.29, 1.82) is 0 Å². The molecule has 2 atom stereocenters. The third-order valence-electron chi connectivity index (χ3n) is 4.52. The van der Waals surface area contributed by atoms with Crippen LogP contribution in [0.5, 0.6) is 0 Å². The summed E-state index contributed by atoms with van der Waals surface area (Å²) < 4.78 is 1.31. The van der Waals surface area contributed by atoms with Crippen LogP contribution < -0.4 is 0 Å². The van der Waals surface area contributed by atoms with Gasteiger partial charge in [0, 0.05) is 4.70 Å². The Morgan fingerprint density at radius 2 is 2.00 bits per heavy atom. The largest absolute Gasteiger partial charge is 0.481 e. The maximum absolute atomic E-state index is 11.5. The number of aliphatic carboxylic acids is 1. The van der Waals surface area contributed by atoms with Gasteiger partial charge in [0.1, 0.15) is 0 Å². The van der Waals surface area contributed by atoms with Crippen molar-refractivity contribution in [2.45, 2.75) is 38.5 Å². The lowest BCUT2D eigenvalue weighted by Crippen LogP contribution is -2.24. The summed E-state index contributed by atoms with van der Waals surface area (Å²) in [5.74, 6) is -0.458. The van der Waals surface area contributed by atoms with Gasteiger partial charge in [0.05, 0.1) is 5.92 Å². The first-order chi connectivity index (χ1) is 9.75. The molecule has 2 nitrogen and oxygen atoms in total. The molecule has 1 fully saturated rings. The van der Waals surface area contributed by atoms with Crippen LogP contribution in [0.15, 0.2) is 29.6 Å². The smallest absolute Gasteiger partial charge is 0.306 e. The first-order valence-electron chi connectivity index (χ1n) is 7.43. The normalized spacial score (nSPS) is 23.6.